The molecule has 0 aliphatic heterocycles. The lowest BCUT2D eigenvalue weighted by atomic mass is 10.1. The van der Waals surface area contributed by atoms with Gasteiger partial charge in [0.2, 0.25) is 15.8 Å². The van der Waals surface area contributed by atoms with Crippen molar-refractivity contribution in [2.24, 2.45) is 0 Å². The van der Waals surface area contributed by atoms with E-state index >= 15 is 0 Å². The maximum Gasteiger partial charge on any atom is 0.321 e. The molecule has 0 amide bonds. The topological polar surface area (TPSA) is 111 Å². The molecule has 1 N–H and O–H groups in total. The summed E-state index contributed by atoms with van der Waals surface area (Å²) < 4.78 is 37.2. The number of rotatable bonds is 7. The Morgan fingerprint density at radius 3 is 2.68 bits per heavy atom. The van der Waals surface area contributed by atoms with E-state index < -0.39 is 22.5 Å². The standard InChI is InChI=1S/C18H16BrN3O5S/c1-12-5-7-13(8-6-12)18-21-16(27-22-18)11-26-17(23)10-20-28(24,25)15-4-2-3-14(19)9-15/h2-9,20H,10-11H2,1H3. The van der Waals surface area contributed by atoms with Crippen molar-refractivity contribution < 1.29 is 22.5 Å². The predicted octanol–water partition coefficient (Wildman–Crippen LogP) is 2.83. The molecule has 0 aliphatic rings. The number of carbonyl (C=O) groups excluding carboxylic acids is 1. The van der Waals surface area contributed by atoms with E-state index in [1.807, 2.05) is 31.2 Å². The van der Waals surface area contributed by atoms with Crippen molar-refractivity contribution in [1.82, 2.24) is 14.9 Å². The Balaban J connectivity index is 1.53. The summed E-state index contributed by atoms with van der Waals surface area (Å²) in [6, 6.07) is 13.7. The summed E-state index contributed by atoms with van der Waals surface area (Å²) >= 11 is 3.20. The minimum atomic E-state index is -3.83. The van der Waals surface area contributed by atoms with Crippen LogP contribution in [0.1, 0.15) is 11.5 Å². The Labute approximate surface area is 170 Å². The molecular formula is C18H16BrN3O5S. The molecule has 1 aromatic heterocycles. The van der Waals surface area contributed by atoms with Crippen LogP contribution in [0.5, 0.6) is 0 Å². The third-order valence-electron chi connectivity index (χ3n) is 3.65. The van der Waals surface area contributed by atoms with Crippen LogP contribution >= 0.6 is 15.9 Å². The molecule has 10 heteroatoms. The summed E-state index contributed by atoms with van der Waals surface area (Å²) in [4.78, 5) is 16.0. The second-order valence-electron chi connectivity index (χ2n) is 5.82. The molecule has 0 radical (unpaired) electrons. The average molecular weight is 466 g/mol. The quantitative estimate of drug-likeness (QED) is 0.533. The number of nitrogens with one attached hydrogen (secondary N) is 1. The second-order valence-corrected chi connectivity index (χ2v) is 8.50. The van der Waals surface area contributed by atoms with E-state index in [0.29, 0.717) is 10.3 Å². The van der Waals surface area contributed by atoms with Crippen LogP contribution in [0, 0.1) is 6.92 Å². The molecule has 146 valence electrons. The Hall–Kier alpha value is -2.56. The van der Waals surface area contributed by atoms with Crippen LogP contribution in [-0.2, 0) is 26.2 Å². The SMILES string of the molecule is Cc1ccc(-c2noc(COC(=O)CNS(=O)(=O)c3cccc(Br)c3)n2)cc1. The highest BCUT2D eigenvalue weighted by atomic mass is 79.9. The fraction of sp³-hybridized carbons (Fsp3) is 0.167. The minimum absolute atomic E-state index is 0.0364. The van der Waals surface area contributed by atoms with Crippen molar-refractivity contribution in [1.29, 1.82) is 0 Å². The van der Waals surface area contributed by atoms with Gasteiger partial charge in [-0.2, -0.15) is 9.71 Å². The monoisotopic (exact) mass is 465 g/mol. The molecule has 0 atom stereocenters. The maximum atomic E-state index is 12.2. The molecule has 0 aliphatic carbocycles. The zero-order valence-corrected chi connectivity index (χ0v) is 17.2. The molecule has 3 aromatic rings. The second kappa shape index (κ2) is 8.63. The highest BCUT2D eigenvalue weighted by Crippen LogP contribution is 2.17. The molecule has 0 saturated carbocycles. The fourth-order valence-electron chi connectivity index (χ4n) is 2.20. The number of esters is 1. The first-order valence-corrected chi connectivity index (χ1v) is 10.4. The van der Waals surface area contributed by atoms with Gasteiger partial charge in [0.1, 0.15) is 6.54 Å². The van der Waals surface area contributed by atoms with E-state index in [9.17, 15) is 13.2 Å². The number of hydrogen-bond donors (Lipinski definition) is 1. The molecule has 0 spiro atoms. The van der Waals surface area contributed by atoms with Crippen LogP contribution in [0.4, 0.5) is 0 Å². The van der Waals surface area contributed by atoms with Gasteiger partial charge in [-0.05, 0) is 25.1 Å². The van der Waals surface area contributed by atoms with E-state index in [1.54, 1.807) is 12.1 Å². The van der Waals surface area contributed by atoms with Crippen molar-refractivity contribution in [2.75, 3.05) is 6.54 Å². The zero-order valence-electron chi connectivity index (χ0n) is 14.8. The number of nitrogens with zero attached hydrogens (tertiary/aromatic N) is 2. The van der Waals surface area contributed by atoms with Crippen molar-refractivity contribution >= 4 is 31.9 Å². The molecule has 0 bridgehead atoms. The third kappa shape index (κ3) is 5.24. The van der Waals surface area contributed by atoms with Gasteiger partial charge in [-0.3, -0.25) is 4.79 Å². The van der Waals surface area contributed by atoms with E-state index in [4.69, 9.17) is 9.26 Å². The Kier molecular flexibility index (Phi) is 6.22. The van der Waals surface area contributed by atoms with Gasteiger partial charge < -0.3 is 9.26 Å². The van der Waals surface area contributed by atoms with Gasteiger partial charge in [0.05, 0.1) is 4.90 Å². The first-order chi connectivity index (χ1) is 13.3. The van der Waals surface area contributed by atoms with E-state index in [1.165, 1.54) is 12.1 Å². The number of aryl methyl sites for hydroxylation is 1. The number of hydrogen-bond acceptors (Lipinski definition) is 7. The van der Waals surface area contributed by atoms with Crippen molar-refractivity contribution in [3.63, 3.8) is 0 Å². The Morgan fingerprint density at radius 1 is 1.21 bits per heavy atom. The molecule has 3 rings (SSSR count). The summed E-state index contributed by atoms with van der Waals surface area (Å²) in [5, 5.41) is 3.83. The summed E-state index contributed by atoms with van der Waals surface area (Å²) in [5.74, 6) is -0.283. The minimum Gasteiger partial charge on any atom is -0.455 e. The predicted molar refractivity (Wildman–Crippen MR) is 104 cm³/mol. The summed E-state index contributed by atoms with van der Waals surface area (Å²) in [6.07, 6.45) is 0. The van der Waals surface area contributed by atoms with Gasteiger partial charge in [-0.15, -0.1) is 0 Å². The van der Waals surface area contributed by atoms with Crippen LogP contribution in [0.3, 0.4) is 0 Å². The van der Waals surface area contributed by atoms with Crippen molar-refractivity contribution in [2.45, 2.75) is 18.4 Å². The third-order valence-corrected chi connectivity index (χ3v) is 5.54. The Morgan fingerprint density at radius 2 is 1.96 bits per heavy atom. The van der Waals surface area contributed by atoms with Crippen LogP contribution < -0.4 is 4.72 Å². The summed E-state index contributed by atoms with van der Waals surface area (Å²) in [5.41, 5.74) is 1.88. The number of carbonyl (C=O) groups is 1. The molecule has 0 fully saturated rings. The maximum absolute atomic E-state index is 12.2. The van der Waals surface area contributed by atoms with Gasteiger partial charge in [0.15, 0.2) is 6.61 Å². The fourth-order valence-corrected chi connectivity index (χ4v) is 3.76. The van der Waals surface area contributed by atoms with Gasteiger partial charge in [-0.25, -0.2) is 8.42 Å². The summed E-state index contributed by atoms with van der Waals surface area (Å²) in [6.45, 7) is 1.19. The van der Waals surface area contributed by atoms with Crippen LogP contribution in [0.25, 0.3) is 11.4 Å². The molecule has 2 aromatic carbocycles. The lowest BCUT2D eigenvalue weighted by Gasteiger charge is -2.06. The van der Waals surface area contributed by atoms with Gasteiger partial charge in [0, 0.05) is 10.0 Å². The summed E-state index contributed by atoms with van der Waals surface area (Å²) in [7, 11) is -3.83. The normalized spacial score (nSPS) is 11.4. The van der Waals surface area contributed by atoms with Crippen molar-refractivity contribution in [3.8, 4) is 11.4 Å². The number of benzene rings is 2. The number of ether oxygens (including phenoxy) is 1. The highest BCUT2D eigenvalue weighted by molar-refractivity contribution is 9.10. The van der Waals surface area contributed by atoms with Crippen LogP contribution in [-0.4, -0.2) is 31.1 Å². The van der Waals surface area contributed by atoms with Crippen LogP contribution in [0.15, 0.2) is 62.4 Å². The smallest absolute Gasteiger partial charge is 0.321 e. The van der Waals surface area contributed by atoms with Crippen molar-refractivity contribution in [3.05, 3.63) is 64.5 Å². The molecule has 0 unspecified atom stereocenters. The Bertz CT molecular complexity index is 1080. The lowest BCUT2D eigenvalue weighted by molar-refractivity contribution is -0.144. The largest absolute Gasteiger partial charge is 0.455 e. The first kappa shape index (κ1) is 20.2. The number of halogens is 1. The van der Waals surface area contributed by atoms with Gasteiger partial charge >= 0.3 is 5.97 Å². The van der Waals surface area contributed by atoms with Crippen LogP contribution in [0.2, 0.25) is 0 Å². The molecule has 0 saturated heterocycles. The zero-order chi connectivity index (χ0) is 20.1. The van der Waals surface area contributed by atoms with Gasteiger partial charge in [0.25, 0.3) is 5.89 Å². The first-order valence-electron chi connectivity index (χ1n) is 8.14. The molecule has 1 heterocycles. The lowest BCUT2D eigenvalue weighted by Crippen LogP contribution is -2.30. The molecule has 28 heavy (non-hydrogen) atoms. The molecular weight excluding hydrogens is 450 g/mol. The highest BCUT2D eigenvalue weighted by Gasteiger charge is 2.17. The van der Waals surface area contributed by atoms with E-state index in [2.05, 4.69) is 30.8 Å². The van der Waals surface area contributed by atoms with E-state index in [-0.39, 0.29) is 17.4 Å². The van der Waals surface area contributed by atoms with Gasteiger partial charge in [-0.1, -0.05) is 57.0 Å². The number of aromatic nitrogens is 2. The average Bonchev–Trinajstić information content (AvgIpc) is 3.14. The van der Waals surface area contributed by atoms with E-state index in [0.717, 1.165) is 11.1 Å². The molecule has 8 nitrogen and oxygen atoms in total. The number of sulfonamides is 1.